The Kier molecular flexibility index (Phi) is 4.55. The third kappa shape index (κ3) is 3.20. The summed E-state index contributed by atoms with van der Waals surface area (Å²) in [5.41, 5.74) is 0.156. The molecule has 21 heavy (non-hydrogen) atoms. The maximum Gasteiger partial charge on any atom is 0.349 e. The summed E-state index contributed by atoms with van der Waals surface area (Å²) >= 11 is 1.14. The molecule has 0 saturated carbocycles. The van der Waals surface area contributed by atoms with Gasteiger partial charge in [0.05, 0.1) is 5.56 Å². The molecule has 0 spiro atoms. The Morgan fingerprint density at radius 1 is 1.52 bits per heavy atom. The molecule has 0 fully saturated rings. The molecule has 4 nitrogen and oxygen atoms in total. The number of benzene rings is 1. The maximum absolute atomic E-state index is 13.9. The van der Waals surface area contributed by atoms with E-state index < -0.39 is 11.8 Å². The number of thiophene rings is 1. The average molecular weight is 305 g/mol. The van der Waals surface area contributed by atoms with Crippen LogP contribution in [0.15, 0.2) is 24.3 Å². The van der Waals surface area contributed by atoms with Crippen LogP contribution in [0.3, 0.4) is 0 Å². The smallest absolute Gasteiger partial charge is 0.349 e. The summed E-state index contributed by atoms with van der Waals surface area (Å²) in [6.07, 6.45) is 0.701. The van der Waals surface area contributed by atoms with Gasteiger partial charge in [-0.15, -0.1) is 11.3 Å². The van der Waals surface area contributed by atoms with Crippen molar-refractivity contribution in [2.75, 3.05) is 0 Å². The number of carboxylic acid groups (broad SMARTS) is 1. The minimum atomic E-state index is -1.07. The van der Waals surface area contributed by atoms with Crippen LogP contribution < -0.4 is 4.74 Å². The van der Waals surface area contributed by atoms with Crippen LogP contribution in [0, 0.1) is 17.1 Å². The van der Waals surface area contributed by atoms with E-state index in [0.717, 1.165) is 16.2 Å². The predicted molar refractivity (Wildman–Crippen MR) is 76.1 cm³/mol. The molecule has 0 saturated heterocycles. The van der Waals surface area contributed by atoms with Gasteiger partial charge in [-0.25, -0.2) is 9.18 Å². The van der Waals surface area contributed by atoms with Crippen molar-refractivity contribution in [3.8, 4) is 11.8 Å². The molecule has 6 heteroatoms. The van der Waals surface area contributed by atoms with Gasteiger partial charge in [0.25, 0.3) is 0 Å². The molecule has 1 heterocycles. The molecule has 108 valence electrons. The number of nitriles is 1. The number of nitrogens with zero attached hydrogens (tertiary/aromatic N) is 1. The molecule has 2 rings (SSSR count). The lowest BCUT2D eigenvalue weighted by molar-refractivity contribution is 0.0697. The van der Waals surface area contributed by atoms with Crippen molar-refractivity contribution >= 4 is 17.3 Å². The molecule has 0 aliphatic carbocycles. The lowest BCUT2D eigenvalue weighted by Gasteiger charge is -2.07. The normalized spacial score (nSPS) is 10.1. The molecule has 0 radical (unpaired) electrons. The van der Waals surface area contributed by atoms with Crippen molar-refractivity contribution in [1.29, 1.82) is 5.26 Å². The summed E-state index contributed by atoms with van der Waals surface area (Å²) in [5, 5.41) is 17.9. The molecule has 2 aromatic rings. The topological polar surface area (TPSA) is 70.3 Å². The highest BCUT2D eigenvalue weighted by Crippen LogP contribution is 2.30. The van der Waals surface area contributed by atoms with E-state index in [4.69, 9.17) is 15.1 Å². The van der Waals surface area contributed by atoms with Crippen molar-refractivity contribution in [1.82, 2.24) is 0 Å². The Bertz CT molecular complexity index is 718. The van der Waals surface area contributed by atoms with Crippen molar-refractivity contribution < 1.29 is 19.0 Å². The average Bonchev–Trinajstić information content (AvgIpc) is 2.90. The van der Waals surface area contributed by atoms with Crippen LogP contribution in [0.25, 0.3) is 0 Å². The SMILES string of the molecule is CCc1cc(OCc2cccc(C#N)c2F)c(C(=O)O)s1. The van der Waals surface area contributed by atoms with E-state index in [2.05, 4.69) is 0 Å². The van der Waals surface area contributed by atoms with Gasteiger partial charge in [0.2, 0.25) is 0 Å². The van der Waals surface area contributed by atoms with Crippen LogP contribution in [0.4, 0.5) is 4.39 Å². The molecule has 0 unspecified atom stereocenters. The maximum atomic E-state index is 13.9. The van der Waals surface area contributed by atoms with E-state index in [1.54, 1.807) is 18.2 Å². The zero-order valence-corrected chi connectivity index (χ0v) is 12.0. The Hall–Kier alpha value is -2.39. The third-order valence-electron chi connectivity index (χ3n) is 2.87. The van der Waals surface area contributed by atoms with Crippen molar-refractivity contribution in [2.45, 2.75) is 20.0 Å². The van der Waals surface area contributed by atoms with Gasteiger partial charge < -0.3 is 9.84 Å². The Balaban J connectivity index is 2.23. The van der Waals surface area contributed by atoms with E-state index in [9.17, 15) is 9.18 Å². The molecule has 0 amide bonds. The number of hydrogen-bond acceptors (Lipinski definition) is 4. The zero-order chi connectivity index (χ0) is 15.4. The van der Waals surface area contributed by atoms with Crippen LogP contribution in [0.1, 0.15) is 32.6 Å². The number of rotatable bonds is 5. The molecule has 1 aromatic carbocycles. The summed E-state index contributed by atoms with van der Waals surface area (Å²) in [7, 11) is 0. The van der Waals surface area contributed by atoms with Crippen molar-refractivity contribution in [3.05, 3.63) is 51.0 Å². The predicted octanol–water partition coefficient (Wildman–Crippen LogP) is 3.60. The first-order chi connectivity index (χ1) is 10.1. The molecule has 1 aromatic heterocycles. The first kappa shape index (κ1) is 15.0. The van der Waals surface area contributed by atoms with Gasteiger partial charge in [0, 0.05) is 10.4 Å². The Morgan fingerprint density at radius 3 is 2.90 bits per heavy atom. The van der Waals surface area contributed by atoms with E-state index in [-0.39, 0.29) is 28.4 Å². The van der Waals surface area contributed by atoms with Crippen LogP contribution in [-0.4, -0.2) is 11.1 Å². The number of aromatic carboxylic acids is 1. The van der Waals surface area contributed by atoms with Crippen LogP contribution in [0.2, 0.25) is 0 Å². The minimum absolute atomic E-state index is 0.0610. The summed E-state index contributed by atoms with van der Waals surface area (Å²) in [5.74, 6) is -1.48. The molecule has 0 atom stereocenters. The first-order valence-corrected chi connectivity index (χ1v) is 7.04. The monoisotopic (exact) mass is 305 g/mol. The zero-order valence-electron chi connectivity index (χ0n) is 11.2. The van der Waals surface area contributed by atoms with Crippen molar-refractivity contribution in [3.63, 3.8) is 0 Å². The summed E-state index contributed by atoms with van der Waals surface area (Å²) in [6.45, 7) is 1.79. The number of hydrogen-bond donors (Lipinski definition) is 1. The fourth-order valence-corrected chi connectivity index (χ4v) is 2.66. The molecular weight excluding hydrogens is 293 g/mol. The van der Waals surface area contributed by atoms with Gasteiger partial charge in [0.15, 0.2) is 4.88 Å². The first-order valence-electron chi connectivity index (χ1n) is 6.23. The number of carboxylic acids is 1. The molecule has 1 N–H and O–H groups in total. The van der Waals surface area contributed by atoms with E-state index >= 15 is 0 Å². The Morgan fingerprint density at radius 2 is 2.29 bits per heavy atom. The summed E-state index contributed by atoms with van der Waals surface area (Å²) < 4.78 is 19.3. The molecule has 0 aliphatic heterocycles. The van der Waals surface area contributed by atoms with E-state index in [1.165, 1.54) is 12.1 Å². The number of halogens is 1. The fraction of sp³-hybridized carbons (Fsp3) is 0.200. The second-order valence-corrected chi connectivity index (χ2v) is 5.38. The molecule has 0 aliphatic rings. The number of aryl methyl sites for hydroxylation is 1. The lowest BCUT2D eigenvalue weighted by Crippen LogP contribution is -2.02. The minimum Gasteiger partial charge on any atom is -0.487 e. The van der Waals surface area contributed by atoms with Gasteiger partial charge in [-0.3, -0.25) is 0 Å². The quantitative estimate of drug-likeness (QED) is 0.916. The highest BCUT2D eigenvalue weighted by molar-refractivity contribution is 7.14. The number of ether oxygens (including phenoxy) is 1. The summed E-state index contributed by atoms with van der Waals surface area (Å²) in [6, 6.07) is 7.85. The molecule has 0 bridgehead atoms. The second kappa shape index (κ2) is 6.37. The highest BCUT2D eigenvalue weighted by Gasteiger charge is 2.17. The van der Waals surface area contributed by atoms with E-state index in [1.807, 2.05) is 6.92 Å². The molecular formula is C15H12FNO3S. The fourth-order valence-electron chi connectivity index (χ4n) is 1.79. The Labute approximate surface area is 125 Å². The largest absolute Gasteiger partial charge is 0.487 e. The van der Waals surface area contributed by atoms with Gasteiger partial charge in [0.1, 0.15) is 24.2 Å². The van der Waals surface area contributed by atoms with Crippen LogP contribution in [0.5, 0.6) is 5.75 Å². The second-order valence-electron chi connectivity index (χ2n) is 4.24. The van der Waals surface area contributed by atoms with Gasteiger partial charge in [-0.2, -0.15) is 5.26 Å². The van der Waals surface area contributed by atoms with Gasteiger partial charge in [-0.05, 0) is 18.6 Å². The number of carbonyl (C=O) groups is 1. The third-order valence-corrected chi connectivity index (χ3v) is 4.12. The van der Waals surface area contributed by atoms with Crippen LogP contribution in [-0.2, 0) is 13.0 Å². The lowest BCUT2D eigenvalue weighted by atomic mass is 10.1. The van der Waals surface area contributed by atoms with Crippen molar-refractivity contribution in [2.24, 2.45) is 0 Å². The van der Waals surface area contributed by atoms with E-state index in [0.29, 0.717) is 6.42 Å². The summed E-state index contributed by atoms with van der Waals surface area (Å²) in [4.78, 5) is 12.1. The van der Waals surface area contributed by atoms with Gasteiger partial charge >= 0.3 is 5.97 Å². The van der Waals surface area contributed by atoms with Crippen LogP contribution >= 0.6 is 11.3 Å². The standard InChI is InChI=1S/C15H12FNO3S/c1-2-11-6-12(14(21-11)15(18)19)20-8-10-5-3-4-9(7-17)13(10)16/h3-6H,2,8H2,1H3,(H,18,19). The highest BCUT2D eigenvalue weighted by atomic mass is 32.1. The van der Waals surface area contributed by atoms with Gasteiger partial charge in [-0.1, -0.05) is 19.1 Å².